The lowest BCUT2D eigenvalue weighted by Crippen LogP contribution is -2.35. The number of anilines is 1. The fourth-order valence-electron chi connectivity index (χ4n) is 3.35. The van der Waals surface area contributed by atoms with Gasteiger partial charge in [0.25, 0.3) is 5.91 Å². The predicted octanol–water partition coefficient (Wildman–Crippen LogP) is 1.71. The van der Waals surface area contributed by atoms with Gasteiger partial charge in [-0.1, -0.05) is 0 Å². The molecule has 0 saturated carbocycles. The van der Waals surface area contributed by atoms with Crippen molar-refractivity contribution < 1.29 is 9.42 Å². The number of nitrogens with two attached hydrogens (primary N) is 1. The Balaban J connectivity index is 1.87. The molecule has 4 heterocycles. The topological polar surface area (TPSA) is 116 Å². The molecular formula is C16H19N7O2. The highest BCUT2D eigenvalue weighted by Crippen LogP contribution is 2.29. The number of hydrogen-bond donors (Lipinski definition) is 1. The molecule has 3 aromatic rings. The number of aromatic nitrogens is 5. The van der Waals surface area contributed by atoms with Crippen LogP contribution in [-0.4, -0.2) is 48.7 Å². The van der Waals surface area contributed by atoms with Crippen molar-refractivity contribution in [2.45, 2.75) is 32.7 Å². The van der Waals surface area contributed by atoms with E-state index in [1.54, 1.807) is 12.4 Å². The molecule has 130 valence electrons. The molecule has 0 aliphatic carbocycles. The van der Waals surface area contributed by atoms with Gasteiger partial charge < -0.3 is 15.2 Å². The molecule has 9 heteroatoms. The first-order chi connectivity index (χ1) is 12.2. The SMILES string of the molecule is CCn1c(-c2nonc2N)nc2cncc(C(=O)N3CCCCC3)c21. The third-order valence-corrected chi connectivity index (χ3v) is 4.57. The van der Waals surface area contributed by atoms with Gasteiger partial charge in [-0.25, -0.2) is 9.61 Å². The number of rotatable bonds is 3. The van der Waals surface area contributed by atoms with Gasteiger partial charge in [0.1, 0.15) is 5.52 Å². The van der Waals surface area contributed by atoms with E-state index in [9.17, 15) is 4.79 Å². The zero-order valence-corrected chi connectivity index (χ0v) is 14.0. The Hall–Kier alpha value is -2.97. The third-order valence-electron chi connectivity index (χ3n) is 4.57. The van der Waals surface area contributed by atoms with Gasteiger partial charge in [-0.05, 0) is 36.5 Å². The van der Waals surface area contributed by atoms with Gasteiger partial charge in [-0.15, -0.1) is 0 Å². The summed E-state index contributed by atoms with van der Waals surface area (Å²) in [6.07, 6.45) is 6.49. The van der Waals surface area contributed by atoms with E-state index in [0.29, 0.717) is 29.1 Å². The molecule has 0 unspecified atom stereocenters. The summed E-state index contributed by atoms with van der Waals surface area (Å²) < 4.78 is 6.61. The molecule has 2 N–H and O–H groups in total. The number of pyridine rings is 1. The van der Waals surface area contributed by atoms with Gasteiger partial charge in [0.15, 0.2) is 17.3 Å². The fourth-order valence-corrected chi connectivity index (χ4v) is 3.35. The molecule has 3 aromatic heterocycles. The van der Waals surface area contributed by atoms with Gasteiger partial charge in [-0.2, -0.15) is 0 Å². The van der Waals surface area contributed by atoms with Crippen LogP contribution >= 0.6 is 0 Å². The van der Waals surface area contributed by atoms with Crippen molar-refractivity contribution in [1.82, 2.24) is 29.7 Å². The number of piperidine rings is 1. The number of hydrogen-bond acceptors (Lipinski definition) is 7. The highest BCUT2D eigenvalue weighted by atomic mass is 16.6. The highest BCUT2D eigenvalue weighted by molar-refractivity contribution is 6.05. The van der Waals surface area contributed by atoms with E-state index in [-0.39, 0.29) is 11.7 Å². The molecule has 0 bridgehead atoms. The van der Waals surface area contributed by atoms with Crippen LogP contribution in [0, 0.1) is 0 Å². The van der Waals surface area contributed by atoms with Crippen LogP contribution in [0.25, 0.3) is 22.6 Å². The summed E-state index contributed by atoms with van der Waals surface area (Å²) in [6.45, 7) is 4.14. The highest BCUT2D eigenvalue weighted by Gasteiger charge is 2.25. The van der Waals surface area contributed by atoms with E-state index in [1.165, 1.54) is 6.42 Å². The summed E-state index contributed by atoms with van der Waals surface area (Å²) in [6, 6.07) is 0. The maximum Gasteiger partial charge on any atom is 0.257 e. The second-order valence-corrected chi connectivity index (χ2v) is 6.09. The summed E-state index contributed by atoms with van der Waals surface area (Å²) in [7, 11) is 0. The number of imidazole rings is 1. The van der Waals surface area contributed by atoms with E-state index < -0.39 is 0 Å². The summed E-state index contributed by atoms with van der Waals surface area (Å²) in [5, 5.41) is 7.46. The fraction of sp³-hybridized carbons (Fsp3) is 0.438. The molecule has 1 aliphatic heterocycles. The number of carbonyl (C=O) groups excluding carboxylic acids is 1. The molecule has 0 spiro atoms. The lowest BCUT2D eigenvalue weighted by molar-refractivity contribution is 0.0725. The second-order valence-electron chi connectivity index (χ2n) is 6.09. The van der Waals surface area contributed by atoms with Crippen LogP contribution in [0.15, 0.2) is 17.0 Å². The van der Waals surface area contributed by atoms with Crippen LogP contribution < -0.4 is 5.73 Å². The Morgan fingerprint density at radius 3 is 2.72 bits per heavy atom. The Bertz CT molecular complexity index is 924. The maximum absolute atomic E-state index is 13.0. The van der Waals surface area contributed by atoms with Crippen molar-refractivity contribution in [1.29, 1.82) is 0 Å². The molecular weight excluding hydrogens is 322 g/mol. The number of fused-ring (bicyclic) bond motifs is 1. The van der Waals surface area contributed by atoms with E-state index in [1.807, 2.05) is 16.4 Å². The minimum atomic E-state index is -0.00907. The van der Waals surface area contributed by atoms with Crippen LogP contribution in [0.4, 0.5) is 5.82 Å². The molecule has 1 aliphatic rings. The third kappa shape index (κ3) is 2.51. The van der Waals surface area contributed by atoms with Gasteiger partial charge in [-0.3, -0.25) is 9.78 Å². The Kier molecular flexibility index (Phi) is 3.83. The normalized spacial score (nSPS) is 15.0. The molecule has 25 heavy (non-hydrogen) atoms. The molecule has 1 fully saturated rings. The first-order valence-corrected chi connectivity index (χ1v) is 8.42. The van der Waals surface area contributed by atoms with E-state index in [0.717, 1.165) is 31.4 Å². The molecule has 0 aromatic carbocycles. The average Bonchev–Trinajstić information content (AvgIpc) is 3.24. The largest absolute Gasteiger partial charge is 0.379 e. The number of nitrogens with zero attached hydrogens (tertiary/aromatic N) is 6. The van der Waals surface area contributed by atoms with Gasteiger partial charge in [0.05, 0.1) is 17.3 Å². The summed E-state index contributed by atoms with van der Waals surface area (Å²) >= 11 is 0. The number of amides is 1. The first-order valence-electron chi connectivity index (χ1n) is 8.42. The first kappa shape index (κ1) is 15.6. The molecule has 9 nitrogen and oxygen atoms in total. The van der Waals surface area contributed by atoms with Crippen LogP contribution in [0.2, 0.25) is 0 Å². The quantitative estimate of drug-likeness (QED) is 0.770. The van der Waals surface area contributed by atoms with Crippen molar-refractivity contribution in [3.05, 3.63) is 18.0 Å². The van der Waals surface area contributed by atoms with E-state index in [4.69, 9.17) is 10.4 Å². The van der Waals surface area contributed by atoms with Crippen LogP contribution in [0.1, 0.15) is 36.5 Å². The van der Waals surface area contributed by atoms with Crippen molar-refractivity contribution in [3.8, 4) is 11.5 Å². The Morgan fingerprint density at radius 2 is 2.04 bits per heavy atom. The maximum atomic E-state index is 13.0. The van der Waals surface area contributed by atoms with Crippen molar-refractivity contribution in [2.24, 2.45) is 0 Å². The molecule has 0 atom stereocenters. The van der Waals surface area contributed by atoms with Crippen LogP contribution in [0.5, 0.6) is 0 Å². The second kappa shape index (κ2) is 6.15. The van der Waals surface area contributed by atoms with Gasteiger partial charge >= 0.3 is 0 Å². The van der Waals surface area contributed by atoms with Crippen molar-refractivity contribution >= 4 is 22.8 Å². The molecule has 1 saturated heterocycles. The summed E-state index contributed by atoms with van der Waals surface area (Å²) in [5.74, 6) is 0.684. The summed E-state index contributed by atoms with van der Waals surface area (Å²) in [5.41, 5.74) is 8.11. The standard InChI is InChI=1S/C16H19N7O2/c1-2-23-13-10(16(24)22-6-4-3-5-7-22)8-18-9-11(13)19-15(23)12-14(17)21-25-20-12/h8-9H,2-7H2,1H3,(H2,17,21). The predicted molar refractivity (Wildman–Crippen MR) is 90.7 cm³/mol. The Labute approximate surface area is 143 Å². The monoisotopic (exact) mass is 341 g/mol. The number of carbonyl (C=O) groups is 1. The van der Waals surface area contributed by atoms with E-state index in [2.05, 4.69) is 20.3 Å². The van der Waals surface area contributed by atoms with Crippen molar-refractivity contribution in [3.63, 3.8) is 0 Å². The van der Waals surface area contributed by atoms with Crippen LogP contribution in [0.3, 0.4) is 0 Å². The minimum Gasteiger partial charge on any atom is -0.379 e. The lowest BCUT2D eigenvalue weighted by atomic mass is 10.1. The van der Waals surface area contributed by atoms with Gasteiger partial charge in [0.2, 0.25) is 0 Å². The Morgan fingerprint density at radius 1 is 1.24 bits per heavy atom. The zero-order valence-electron chi connectivity index (χ0n) is 14.0. The number of likely N-dealkylation sites (tertiary alicyclic amines) is 1. The number of aryl methyl sites for hydroxylation is 1. The lowest BCUT2D eigenvalue weighted by Gasteiger charge is -2.27. The zero-order chi connectivity index (χ0) is 17.4. The van der Waals surface area contributed by atoms with Crippen molar-refractivity contribution in [2.75, 3.05) is 18.8 Å². The minimum absolute atomic E-state index is 0.00907. The number of nitrogen functional groups attached to an aromatic ring is 1. The van der Waals surface area contributed by atoms with E-state index >= 15 is 0 Å². The molecule has 4 rings (SSSR count). The summed E-state index contributed by atoms with van der Waals surface area (Å²) in [4.78, 5) is 23.7. The molecule has 1 amide bonds. The average molecular weight is 341 g/mol. The smallest absolute Gasteiger partial charge is 0.257 e. The molecule has 0 radical (unpaired) electrons. The van der Waals surface area contributed by atoms with Crippen LogP contribution in [-0.2, 0) is 6.54 Å². The van der Waals surface area contributed by atoms with Gasteiger partial charge in [0, 0.05) is 25.8 Å².